The second kappa shape index (κ2) is 6.58. The van der Waals surface area contributed by atoms with E-state index in [-0.39, 0.29) is 12.5 Å². The van der Waals surface area contributed by atoms with Gasteiger partial charge in [-0.2, -0.15) is 0 Å². The highest BCUT2D eigenvalue weighted by atomic mass is 16.3. The van der Waals surface area contributed by atoms with Crippen LogP contribution in [0.5, 0.6) is 0 Å². The summed E-state index contributed by atoms with van der Waals surface area (Å²) in [5.41, 5.74) is -0.499. The van der Waals surface area contributed by atoms with Crippen LogP contribution in [0, 0.1) is 11.8 Å². The van der Waals surface area contributed by atoms with Gasteiger partial charge in [-0.1, -0.05) is 20.3 Å². The van der Waals surface area contributed by atoms with Gasteiger partial charge in [0, 0.05) is 13.2 Å². The first-order valence-electron chi connectivity index (χ1n) is 6.63. The van der Waals surface area contributed by atoms with E-state index in [4.69, 9.17) is 5.11 Å². The Kier molecular flexibility index (Phi) is 5.73. The van der Waals surface area contributed by atoms with Crippen LogP contribution in [-0.2, 0) is 0 Å². The Morgan fingerprint density at radius 3 is 2.50 bits per heavy atom. The molecule has 1 atom stereocenters. The number of aliphatic hydroxyl groups is 2. The fourth-order valence-corrected chi connectivity index (χ4v) is 2.42. The Balaban J connectivity index is 2.20. The molecule has 3 nitrogen and oxygen atoms in total. The quantitative estimate of drug-likeness (QED) is 0.647. The number of nitrogens with one attached hydrogen (secondary N) is 1. The van der Waals surface area contributed by atoms with E-state index in [1.807, 2.05) is 6.92 Å². The molecule has 1 unspecified atom stereocenters. The topological polar surface area (TPSA) is 52.5 Å². The first-order valence-corrected chi connectivity index (χ1v) is 6.63. The summed E-state index contributed by atoms with van der Waals surface area (Å²) in [5, 5.41) is 22.5. The van der Waals surface area contributed by atoms with Gasteiger partial charge in [0.2, 0.25) is 0 Å². The van der Waals surface area contributed by atoms with E-state index < -0.39 is 5.60 Å². The Hall–Kier alpha value is -0.120. The van der Waals surface area contributed by atoms with Crippen LogP contribution in [0.2, 0.25) is 0 Å². The minimum Gasteiger partial charge on any atom is -0.396 e. The van der Waals surface area contributed by atoms with E-state index in [0.717, 1.165) is 38.1 Å². The van der Waals surface area contributed by atoms with E-state index in [1.54, 1.807) is 0 Å². The summed E-state index contributed by atoms with van der Waals surface area (Å²) in [6.45, 7) is 5.91. The number of hydrogen-bond donors (Lipinski definition) is 3. The number of rotatable bonds is 6. The molecule has 16 heavy (non-hydrogen) atoms. The van der Waals surface area contributed by atoms with Crippen molar-refractivity contribution in [2.45, 2.75) is 51.6 Å². The molecular weight excluding hydrogens is 202 g/mol. The molecular formula is C13H27NO2. The molecule has 1 rings (SSSR count). The standard InChI is InChI=1S/C13H27NO2/c1-3-12-4-6-13(16,7-5-12)10-14-8-11(2)9-15/h11-12,14-16H,3-10H2,1-2H3. The van der Waals surface area contributed by atoms with Gasteiger partial charge >= 0.3 is 0 Å². The lowest BCUT2D eigenvalue weighted by Crippen LogP contribution is -2.44. The van der Waals surface area contributed by atoms with Crippen LogP contribution in [0.3, 0.4) is 0 Å². The molecule has 0 aromatic carbocycles. The molecule has 0 aromatic rings. The summed E-state index contributed by atoms with van der Waals surface area (Å²) in [5.74, 6) is 1.09. The summed E-state index contributed by atoms with van der Waals surface area (Å²) in [7, 11) is 0. The molecule has 0 saturated heterocycles. The van der Waals surface area contributed by atoms with E-state index in [2.05, 4.69) is 12.2 Å². The van der Waals surface area contributed by atoms with Gasteiger partial charge in [0.05, 0.1) is 5.60 Å². The van der Waals surface area contributed by atoms with Gasteiger partial charge in [0.1, 0.15) is 0 Å². The zero-order valence-electron chi connectivity index (χ0n) is 10.7. The second-order valence-electron chi connectivity index (χ2n) is 5.49. The van der Waals surface area contributed by atoms with Crippen molar-refractivity contribution < 1.29 is 10.2 Å². The molecule has 0 radical (unpaired) electrons. The third kappa shape index (κ3) is 4.40. The monoisotopic (exact) mass is 229 g/mol. The van der Waals surface area contributed by atoms with Crippen LogP contribution in [0.15, 0.2) is 0 Å². The van der Waals surface area contributed by atoms with E-state index in [9.17, 15) is 5.11 Å². The summed E-state index contributed by atoms with van der Waals surface area (Å²) in [6.07, 6.45) is 5.40. The smallest absolute Gasteiger partial charge is 0.0771 e. The highest BCUT2D eigenvalue weighted by Crippen LogP contribution is 2.33. The van der Waals surface area contributed by atoms with Gasteiger partial charge < -0.3 is 15.5 Å². The van der Waals surface area contributed by atoms with Crippen LogP contribution in [0.1, 0.15) is 46.0 Å². The molecule has 0 aliphatic heterocycles. The van der Waals surface area contributed by atoms with Gasteiger partial charge in [0.25, 0.3) is 0 Å². The van der Waals surface area contributed by atoms with Crippen molar-refractivity contribution in [1.29, 1.82) is 0 Å². The number of hydrogen-bond acceptors (Lipinski definition) is 3. The minimum atomic E-state index is -0.499. The lowest BCUT2D eigenvalue weighted by molar-refractivity contribution is -0.00935. The maximum Gasteiger partial charge on any atom is 0.0771 e. The van der Waals surface area contributed by atoms with Crippen LogP contribution < -0.4 is 5.32 Å². The van der Waals surface area contributed by atoms with E-state index in [0.29, 0.717) is 6.54 Å². The van der Waals surface area contributed by atoms with Crippen LogP contribution >= 0.6 is 0 Å². The van der Waals surface area contributed by atoms with Crippen LogP contribution in [-0.4, -0.2) is 35.5 Å². The lowest BCUT2D eigenvalue weighted by atomic mass is 9.78. The Labute approximate surface area is 99.3 Å². The first-order chi connectivity index (χ1) is 7.59. The highest BCUT2D eigenvalue weighted by molar-refractivity contribution is 4.87. The maximum atomic E-state index is 10.3. The fraction of sp³-hybridized carbons (Fsp3) is 1.00. The zero-order chi connectivity index (χ0) is 12.0. The molecule has 96 valence electrons. The summed E-state index contributed by atoms with van der Waals surface area (Å²) in [4.78, 5) is 0. The normalized spacial score (nSPS) is 32.6. The predicted molar refractivity (Wildman–Crippen MR) is 66.3 cm³/mol. The largest absolute Gasteiger partial charge is 0.396 e. The average Bonchev–Trinajstić information content (AvgIpc) is 2.30. The Morgan fingerprint density at radius 2 is 2.00 bits per heavy atom. The predicted octanol–water partition coefficient (Wildman–Crippen LogP) is 1.54. The second-order valence-corrected chi connectivity index (χ2v) is 5.49. The summed E-state index contributed by atoms with van der Waals surface area (Å²) in [6, 6.07) is 0. The Bertz CT molecular complexity index is 188. The summed E-state index contributed by atoms with van der Waals surface area (Å²) < 4.78 is 0. The van der Waals surface area contributed by atoms with Gasteiger partial charge in [0.15, 0.2) is 0 Å². The molecule has 3 N–H and O–H groups in total. The molecule has 1 saturated carbocycles. The molecule has 1 fully saturated rings. The van der Waals surface area contributed by atoms with Crippen molar-refractivity contribution in [3.8, 4) is 0 Å². The van der Waals surface area contributed by atoms with Crippen molar-refractivity contribution in [3.05, 3.63) is 0 Å². The minimum absolute atomic E-state index is 0.212. The first kappa shape index (κ1) is 13.9. The molecule has 1 aliphatic rings. The van der Waals surface area contributed by atoms with Crippen molar-refractivity contribution in [2.75, 3.05) is 19.7 Å². The molecule has 3 heteroatoms. The van der Waals surface area contributed by atoms with Crippen LogP contribution in [0.25, 0.3) is 0 Å². The fourth-order valence-electron chi connectivity index (χ4n) is 2.42. The molecule has 0 heterocycles. The van der Waals surface area contributed by atoms with Crippen molar-refractivity contribution in [2.24, 2.45) is 11.8 Å². The van der Waals surface area contributed by atoms with Crippen LogP contribution in [0.4, 0.5) is 0 Å². The average molecular weight is 229 g/mol. The van der Waals surface area contributed by atoms with Gasteiger partial charge in [-0.25, -0.2) is 0 Å². The van der Waals surface area contributed by atoms with Crippen molar-refractivity contribution in [3.63, 3.8) is 0 Å². The maximum absolute atomic E-state index is 10.3. The molecule has 0 amide bonds. The number of aliphatic hydroxyl groups excluding tert-OH is 1. The van der Waals surface area contributed by atoms with Crippen molar-refractivity contribution in [1.82, 2.24) is 5.32 Å². The third-order valence-electron chi connectivity index (χ3n) is 3.87. The molecule has 0 aromatic heterocycles. The summed E-state index contributed by atoms with van der Waals surface area (Å²) >= 11 is 0. The van der Waals surface area contributed by atoms with Gasteiger partial charge in [-0.05, 0) is 44.1 Å². The highest BCUT2D eigenvalue weighted by Gasteiger charge is 2.32. The molecule has 0 bridgehead atoms. The molecule has 0 spiro atoms. The Morgan fingerprint density at radius 1 is 1.38 bits per heavy atom. The SMILES string of the molecule is CCC1CCC(O)(CNCC(C)CO)CC1. The van der Waals surface area contributed by atoms with Gasteiger partial charge in [-0.3, -0.25) is 0 Å². The van der Waals surface area contributed by atoms with Crippen molar-refractivity contribution >= 4 is 0 Å². The lowest BCUT2D eigenvalue weighted by Gasteiger charge is -2.36. The molecule has 1 aliphatic carbocycles. The third-order valence-corrected chi connectivity index (χ3v) is 3.87. The zero-order valence-corrected chi connectivity index (χ0v) is 10.7. The van der Waals surface area contributed by atoms with E-state index >= 15 is 0 Å². The van der Waals surface area contributed by atoms with E-state index in [1.165, 1.54) is 6.42 Å². The van der Waals surface area contributed by atoms with Gasteiger partial charge in [-0.15, -0.1) is 0 Å².